The van der Waals surface area contributed by atoms with Crippen LogP contribution in [0.2, 0.25) is 19.6 Å². The summed E-state index contributed by atoms with van der Waals surface area (Å²) >= 11 is 0. The van der Waals surface area contributed by atoms with E-state index in [1.807, 2.05) is 31.4 Å². The average Bonchev–Trinajstić information content (AvgIpc) is 2.14. The first-order chi connectivity index (χ1) is 6.88. The molecule has 0 N–H and O–H groups in total. The normalized spacial score (nSPS) is 10.5. The van der Waals surface area contributed by atoms with Crippen molar-refractivity contribution < 1.29 is 0 Å². The average molecular weight is 218 g/mol. The van der Waals surface area contributed by atoms with Crippen molar-refractivity contribution in [3.05, 3.63) is 24.0 Å². The summed E-state index contributed by atoms with van der Waals surface area (Å²) in [6.45, 7) is 6.72. The van der Waals surface area contributed by atoms with Crippen molar-refractivity contribution in [1.82, 2.24) is 4.98 Å². The summed E-state index contributed by atoms with van der Waals surface area (Å²) < 4.78 is 0. The van der Waals surface area contributed by atoms with E-state index >= 15 is 0 Å². The minimum atomic E-state index is -1.29. The Morgan fingerprint density at radius 1 is 1.20 bits per heavy atom. The van der Waals surface area contributed by atoms with Crippen LogP contribution in [0.25, 0.3) is 0 Å². The van der Waals surface area contributed by atoms with Gasteiger partial charge in [-0.1, -0.05) is 25.6 Å². The number of anilines is 1. The molecule has 0 radical (unpaired) electrons. The molecule has 0 unspecified atom stereocenters. The zero-order valence-corrected chi connectivity index (χ0v) is 11.1. The lowest BCUT2D eigenvalue weighted by atomic mass is 10.3. The van der Waals surface area contributed by atoms with Gasteiger partial charge >= 0.3 is 0 Å². The third-order valence-electron chi connectivity index (χ3n) is 1.82. The van der Waals surface area contributed by atoms with E-state index in [-0.39, 0.29) is 0 Å². The lowest BCUT2D eigenvalue weighted by molar-refractivity contribution is 1.11. The molecule has 1 rings (SSSR count). The SMILES string of the molecule is CN(C)c1cncc(C#C[Si](C)(C)C)c1. The highest BCUT2D eigenvalue weighted by molar-refractivity contribution is 6.83. The zero-order valence-electron chi connectivity index (χ0n) is 10.1. The summed E-state index contributed by atoms with van der Waals surface area (Å²) in [5.41, 5.74) is 5.43. The molecule has 3 heteroatoms. The van der Waals surface area contributed by atoms with Crippen molar-refractivity contribution in [3.8, 4) is 11.5 Å². The van der Waals surface area contributed by atoms with Crippen molar-refractivity contribution >= 4 is 13.8 Å². The Morgan fingerprint density at radius 2 is 1.87 bits per heavy atom. The fourth-order valence-electron chi connectivity index (χ4n) is 1.00. The van der Waals surface area contributed by atoms with E-state index < -0.39 is 8.07 Å². The number of hydrogen-bond acceptors (Lipinski definition) is 2. The van der Waals surface area contributed by atoms with Crippen LogP contribution in [0.5, 0.6) is 0 Å². The van der Waals surface area contributed by atoms with Crippen LogP contribution >= 0.6 is 0 Å². The molecule has 15 heavy (non-hydrogen) atoms. The molecule has 0 bridgehead atoms. The fourth-order valence-corrected chi connectivity index (χ4v) is 1.52. The number of nitrogens with zero attached hydrogens (tertiary/aromatic N) is 2. The van der Waals surface area contributed by atoms with Crippen LogP contribution in [0.1, 0.15) is 5.56 Å². The zero-order chi connectivity index (χ0) is 11.5. The first kappa shape index (κ1) is 11.8. The summed E-state index contributed by atoms with van der Waals surface area (Å²) in [4.78, 5) is 6.21. The van der Waals surface area contributed by atoms with Gasteiger partial charge in [-0.3, -0.25) is 4.98 Å². The molecule has 0 aliphatic carbocycles. The van der Waals surface area contributed by atoms with Gasteiger partial charge in [0.1, 0.15) is 8.07 Å². The highest BCUT2D eigenvalue weighted by Crippen LogP contribution is 2.10. The second kappa shape index (κ2) is 4.50. The maximum atomic E-state index is 4.18. The van der Waals surface area contributed by atoms with Gasteiger partial charge in [0.2, 0.25) is 0 Å². The van der Waals surface area contributed by atoms with E-state index in [0.717, 1.165) is 11.3 Å². The summed E-state index contributed by atoms with van der Waals surface area (Å²) in [5, 5.41) is 0. The fraction of sp³-hybridized carbons (Fsp3) is 0.417. The van der Waals surface area contributed by atoms with E-state index in [4.69, 9.17) is 0 Å². The number of pyridine rings is 1. The Balaban J connectivity index is 2.95. The van der Waals surface area contributed by atoms with Crippen LogP contribution < -0.4 is 4.90 Å². The first-order valence-corrected chi connectivity index (χ1v) is 8.54. The van der Waals surface area contributed by atoms with Gasteiger partial charge in [-0.15, -0.1) is 5.54 Å². The first-order valence-electron chi connectivity index (χ1n) is 5.04. The maximum Gasteiger partial charge on any atom is 0.129 e. The smallest absolute Gasteiger partial charge is 0.129 e. The standard InChI is InChI=1S/C12H18N2Si/c1-14(2)12-8-11(9-13-10-12)6-7-15(3,4)5/h8-10H,1-5H3. The molecule has 1 aromatic heterocycles. The van der Waals surface area contributed by atoms with Gasteiger partial charge in [0, 0.05) is 25.9 Å². The maximum absolute atomic E-state index is 4.18. The van der Waals surface area contributed by atoms with E-state index in [1.165, 1.54) is 0 Å². The van der Waals surface area contributed by atoms with Crippen LogP contribution in [0, 0.1) is 11.5 Å². The Hall–Kier alpha value is -1.27. The molecule has 0 aliphatic heterocycles. The quantitative estimate of drug-likeness (QED) is 0.531. The largest absolute Gasteiger partial charge is 0.376 e. The van der Waals surface area contributed by atoms with E-state index in [9.17, 15) is 0 Å². The lowest BCUT2D eigenvalue weighted by Gasteiger charge is -2.11. The second-order valence-corrected chi connectivity index (χ2v) is 9.58. The summed E-state index contributed by atoms with van der Waals surface area (Å²) in [6.07, 6.45) is 3.67. The highest BCUT2D eigenvalue weighted by Gasteiger charge is 2.07. The molecule has 0 saturated heterocycles. The molecule has 0 spiro atoms. The highest BCUT2D eigenvalue weighted by atomic mass is 28.3. The molecule has 0 saturated carbocycles. The van der Waals surface area contributed by atoms with Gasteiger partial charge < -0.3 is 4.90 Å². The summed E-state index contributed by atoms with van der Waals surface area (Å²) in [7, 11) is 2.73. The van der Waals surface area contributed by atoms with E-state index in [1.54, 1.807) is 0 Å². The Morgan fingerprint density at radius 3 is 2.40 bits per heavy atom. The molecule has 0 aliphatic rings. The van der Waals surface area contributed by atoms with Crippen LogP contribution in [-0.2, 0) is 0 Å². The van der Waals surface area contributed by atoms with Crippen LogP contribution in [-0.4, -0.2) is 27.2 Å². The second-order valence-electron chi connectivity index (χ2n) is 4.83. The van der Waals surface area contributed by atoms with Crippen LogP contribution in [0.15, 0.2) is 18.5 Å². The molecule has 2 nitrogen and oxygen atoms in total. The van der Waals surface area contributed by atoms with Gasteiger partial charge in [0.05, 0.1) is 11.9 Å². The van der Waals surface area contributed by atoms with Gasteiger partial charge in [-0.25, -0.2) is 0 Å². The van der Waals surface area contributed by atoms with E-state index in [2.05, 4.69) is 42.2 Å². The third kappa shape index (κ3) is 4.18. The topological polar surface area (TPSA) is 16.1 Å². The number of hydrogen-bond donors (Lipinski definition) is 0. The van der Waals surface area contributed by atoms with Crippen molar-refractivity contribution in [1.29, 1.82) is 0 Å². The van der Waals surface area contributed by atoms with Gasteiger partial charge in [0.15, 0.2) is 0 Å². The molecular weight excluding hydrogens is 200 g/mol. The lowest BCUT2D eigenvalue weighted by Crippen LogP contribution is -2.16. The van der Waals surface area contributed by atoms with Crippen LogP contribution in [0.4, 0.5) is 5.69 Å². The minimum absolute atomic E-state index is 1.00. The van der Waals surface area contributed by atoms with E-state index in [0.29, 0.717) is 0 Å². The van der Waals surface area contributed by atoms with Crippen molar-refractivity contribution in [2.24, 2.45) is 0 Å². The van der Waals surface area contributed by atoms with Crippen molar-refractivity contribution in [2.75, 3.05) is 19.0 Å². The van der Waals surface area contributed by atoms with Crippen molar-refractivity contribution in [2.45, 2.75) is 19.6 Å². The molecule has 1 heterocycles. The van der Waals surface area contributed by atoms with Crippen molar-refractivity contribution in [3.63, 3.8) is 0 Å². The Kier molecular flexibility index (Phi) is 3.54. The molecule has 0 aromatic carbocycles. The van der Waals surface area contributed by atoms with Crippen LogP contribution in [0.3, 0.4) is 0 Å². The summed E-state index contributed by atoms with van der Waals surface area (Å²) in [6, 6.07) is 2.07. The van der Waals surface area contributed by atoms with Gasteiger partial charge in [0.25, 0.3) is 0 Å². The van der Waals surface area contributed by atoms with Gasteiger partial charge in [-0.2, -0.15) is 0 Å². The molecule has 0 fully saturated rings. The Labute approximate surface area is 93.3 Å². The summed E-state index contributed by atoms with van der Waals surface area (Å²) in [5.74, 6) is 3.20. The molecule has 0 amide bonds. The monoisotopic (exact) mass is 218 g/mol. The molecule has 1 aromatic rings. The number of aromatic nitrogens is 1. The Bertz CT molecular complexity index is 394. The third-order valence-corrected chi connectivity index (χ3v) is 2.70. The predicted molar refractivity (Wildman–Crippen MR) is 68.8 cm³/mol. The molecule has 0 atom stereocenters. The molecular formula is C12H18N2Si. The molecule has 80 valence electrons. The predicted octanol–water partition coefficient (Wildman–Crippen LogP) is 2.38. The number of rotatable bonds is 1. The van der Waals surface area contributed by atoms with Gasteiger partial charge in [-0.05, 0) is 6.07 Å². The minimum Gasteiger partial charge on any atom is -0.376 e.